The van der Waals surface area contributed by atoms with Gasteiger partial charge < -0.3 is 0 Å². The number of rotatable bonds is 4. The number of hydrogen-bond acceptors (Lipinski definition) is 2. The minimum absolute atomic E-state index is 0.155. The minimum atomic E-state index is 0.155. The lowest BCUT2D eigenvalue weighted by Crippen LogP contribution is -2.37. The molecule has 2 heteroatoms. The monoisotopic (exact) mass is 393 g/mol. The SMILES string of the molecule is Cc1cccc(C=C2CN(Cc3ccccc3)CC(=Cc3cccc(C)c3)C2=O)c1. The van der Waals surface area contributed by atoms with Crippen LogP contribution >= 0.6 is 0 Å². The summed E-state index contributed by atoms with van der Waals surface area (Å²) in [7, 11) is 0. The van der Waals surface area contributed by atoms with E-state index in [-0.39, 0.29) is 5.78 Å². The van der Waals surface area contributed by atoms with E-state index in [4.69, 9.17) is 0 Å². The molecule has 1 saturated heterocycles. The molecule has 1 aliphatic rings. The molecule has 0 atom stereocenters. The maximum atomic E-state index is 13.3. The van der Waals surface area contributed by atoms with Crippen molar-refractivity contribution in [1.82, 2.24) is 4.90 Å². The highest BCUT2D eigenvalue weighted by molar-refractivity contribution is 6.14. The number of carbonyl (C=O) groups is 1. The van der Waals surface area contributed by atoms with Crippen molar-refractivity contribution in [1.29, 1.82) is 0 Å². The Kier molecular flexibility index (Phi) is 6.06. The van der Waals surface area contributed by atoms with Gasteiger partial charge in [0, 0.05) is 30.8 Å². The molecule has 1 fully saturated rings. The van der Waals surface area contributed by atoms with E-state index in [0.29, 0.717) is 13.1 Å². The van der Waals surface area contributed by atoms with Crippen molar-refractivity contribution >= 4 is 17.9 Å². The molecule has 2 nitrogen and oxygen atoms in total. The maximum absolute atomic E-state index is 13.3. The molecule has 0 amide bonds. The molecule has 4 rings (SSSR count). The Bertz CT molecular complexity index is 1040. The summed E-state index contributed by atoms with van der Waals surface area (Å²) in [5.74, 6) is 0.155. The van der Waals surface area contributed by atoms with Crippen LogP contribution in [0.15, 0.2) is 90.0 Å². The van der Waals surface area contributed by atoms with Gasteiger partial charge in [-0.25, -0.2) is 0 Å². The topological polar surface area (TPSA) is 20.3 Å². The second-order valence-electron chi connectivity index (χ2n) is 8.13. The quantitative estimate of drug-likeness (QED) is 0.518. The zero-order valence-electron chi connectivity index (χ0n) is 17.6. The predicted octanol–water partition coefficient (Wildman–Crippen LogP) is 5.86. The fourth-order valence-corrected chi connectivity index (χ4v) is 3.99. The van der Waals surface area contributed by atoms with Crippen molar-refractivity contribution in [3.63, 3.8) is 0 Å². The van der Waals surface area contributed by atoms with Gasteiger partial charge in [-0.3, -0.25) is 9.69 Å². The molecule has 3 aromatic rings. The Labute approximate surface area is 179 Å². The number of nitrogens with zero attached hydrogens (tertiary/aromatic N) is 1. The van der Waals surface area contributed by atoms with E-state index in [0.717, 1.165) is 28.8 Å². The van der Waals surface area contributed by atoms with Crippen LogP contribution < -0.4 is 0 Å². The van der Waals surface area contributed by atoms with E-state index in [2.05, 4.69) is 91.6 Å². The van der Waals surface area contributed by atoms with E-state index in [1.54, 1.807) is 0 Å². The summed E-state index contributed by atoms with van der Waals surface area (Å²) in [6, 6.07) is 27.1. The first-order valence-corrected chi connectivity index (χ1v) is 10.4. The molecule has 0 bridgehead atoms. The van der Waals surface area contributed by atoms with Crippen LogP contribution in [-0.2, 0) is 11.3 Å². The lowest BCUT2D eigenvalue weighted by Gasteiger charge is -2.30. The molecule has 0 radical (unpaired) electrons. The lowest BCUT2D eigenvalue weighted by atomic mass is 9.93. The van der Waals surface area contributed by atoms with Crippen LogP contribution in [0.4, 0.5) is 0 Å². The Hall–Kier alpha value is -3.23. The molecule has 0 aliphatic carbocycles. The highest BCUT2D eigenvalue weighted by Gasteiger charge is 2.26. The van der Waals surface area contributed by atoms with Crippen LogP contribution in [0.2, 0.25) is 0 Å². The van der Waals surface area contributed by atoms with Gasteiger partial charge in [-0.1, -0.05) is 90.0 Å². The molecule has 1 aliphatic heterocycles. The minimum Gasteiger partial charge on any atom is -0.290 e. The van der Waals surface area contributed by atoms with Gasteiger partial charge >= 0.3 is 0 Å². The van der Waals surface area contributed by atoms with Gasteiger partial charge in [0.15, 0.2) is 5.78 Å². The zero-order valence-corrected chi connectivity index (χ0v) is 17.6. The molecule has 0 spiro atoms. The number of ketones is 1. The molecule has 0 unspecified atom stereocenters. The third-order valence-electron chi connectivity index (χ3n) is 5.39. The highest BCUT2D eigenvalue weighted by Crippen LogP contribution is 2.24. The summed E-state index contributed by atoms with van der Waals surface area (Å²) >= 11 is 0. The standard InChI is InChI=1S/C28H27NO/c1-21-8-6-12-24(14-21)16-26-19-29(18-23-10-4-3-5-11-23)20-27(28(26)30)17-25-13-7-9-22(2)15-25/h3-17H,18-20H2,1-2H3. The van der Waals surface area contributed by atoms with Crippen molar-refractivity contribution < 1.29 is 4.79 Å². The Morgan fingerprint density at radius 2 is 1.27 bits per heavy atom. The second kappa shape index (κ2) is 9.06. The molecule has 0 N–H and O–H groups in total. The highest BCUT2D eigenvalue weighted by atomic mass is 16.1. The van der Waals surface area contributed by atoms with Crippen molar-refractivity contribution in [3.8, 4) is 0 Å². The van der Waals surface area contributed by atoms with Crippen LogP contribution in [0.5, 0.6) is 0 Å². The van der Waals surface area contributed by atoms with E-state index >= 15 is 0 Å². The largest absolute Gasteiger partial charge is 0.290 e. The van der Waals surface area contributed by atoms with E-state index in [1.807, 2.05) is 18.2 Å². The van der Waals surface area contributed by atoms with Gasteiger partial charge in [0.2, 0.25) is 0 Å². The number of likely N-dealkylation sites (tertiary alicyclic amines) is 1. The average Bonchev–Trinajstić information content (AvgIpc) is 2.72. The van der Waals surface area contributed by atoms with Crippen LogP contribution in [0.1, 0.15) is 27.8 Å². The molecular weight excluding hydrogens is 366 g/mol. The number of benzene rings is 3. The fraction of sp³-hybridized carbons (Fsp3) is 0.179. The number of aryl methyl sites for hydroxylation is 2. The first kappa shape index (κ1) is 20.1. The van der Waals surface area contributed by atoms with Crippen molar-refractivity contribution in [2.45, 2.75) is 20.4 Å². The molecule has 150 valence electrons. The van der Waals surface area contributed by atoms with Gasteiger partial charge in [-0.2, -0.15) is 0 Å². The van der Waals surface area contributed by atoms with Gasteiger partial charge in [0.05, 0.1) is 0 Å². The summed E-state index contributed by atoms with van der Waals surface area (Å²) < 4.78 is 0. The zero-order chi connectivity index (χ0) is 20.9. The van der Waals surface area contributed by atoms with Gasteiger partial charge in [0.25, 0.3) is 0 Å². The third-order valence-corrected chi connectivity index (χ3v) is 5.39. The molecular formula is C28H27NO. The Morgan fingerprint density at radius 3 is 1.77 bits per heavy atom. The van der Waals surface area contributed by atoms with E-state index in [9.17, 15) is 4.79 Å². The fourth-order valence-electron chi connectivity index (χ4n) is 3.99. The number of carbonyl (C=O) groups excluding carboxylic acids is 1. The number of hydrogen-bond donors (Lipinski definition) is 0. The predicted molar refractivity (Wildman–Crippen MR) is 125 cm³/mol. The first-order valence-electron chi connectivity index (χ1n) is 10.4. The summed E-state index contributed by atoms with van der Waals surface area (Å²) in [6.07, 6.45) is 4.10. The van der Waals surface area contributed by atoms with E-state index in [1.165, 1.54) is 16.7 Å². The molecule has 0 saturated carbocycles. The van der Waals surface area contributed by atoms with Crippen molar-refractivity contribution in [2.24, 2.45) is 0 Å². The Morgan fingerprint density at radius 1 is 0.733 bits per heavy atom. The smallest absolute Gasteiger partial charge is 0.187 e. The molecule has 1 heterocycles. The van der Waals surface area contributed by atoms with Crippen LogP contribution in [0.25, 0.3) is 12.2 Å². The average molecular weight is 394 g/mol. The molecule has 3 aromatic carbocycles. The third kappa shape index (κ3) is 5.03. The second-order valence-corrected chi connectivity index (χ2v) is 8.13. The number of Topliss-reactive ketones (excluding diaryl/α,β-unsaturated/α-hetero) is 1. The van der Waals surface area contributed by atoms with Crippen LogP contribution in [0.3, 0.4) is 0 Å². The summed E-state index contributed by atoms with van der Waals surface area (Å²) in [6.45, 7) is 6.30. The normalized spacial score (nSPS) is 17.6. The van der Waals surface area contributed by atoms with Gasteiger partial charge in [-0.15, -0.1) is 0 Å². The number of piperidine rings is 1. The van der Waals surface area contributed by atoms with E-state index < -0.39 is 0 Å². The summed E-state index contributed by atoms with van der Waals surface area (Å²) in [5, 5.41) is 0. The van der Waals surface area contributed by atoms with Gasteiger partial charge in [0.1, 0.15) is 0 Å². The molecule has 0 aromatic heterocycles. The lowest BCUT2D eigenvalue weighted by molar-refractivity contribution is -0.113. The van der Waals surface area contributed by atoms with Gasteiger partial charge in [-0.05, 0) is 42.7 Å². The van der Waals surface area contributed by atoms with Crippen LogP contribution in [-0.4, -0.2) is 23.8 Å². The maximum Gasteiger partial charge on any atom is 0.187 e. The molecule has 30 heavy (non-hydrogen) atoms. The first-order chi connectivity index (χ1) is 14.6. The van der Waals surface area contributed by atoms with Crippen LogP contribution in [0, 0.1) is 13.8 Å². The Balaban J connectivity index is 1.69. The summed E-state index contributed by atoms with van der Waals surface area (Å²) in [4.78, 5) is 15.7. The summed E-state index contributed by atoms with van der Waals surface area (Å²) in [5.41, 5.74) is 7.51. The van der Waals surface area contributed by atoms with Crippen molar-refractivity contribution in [2.75, 3.05) is 13.1 Å². The van der Waals surface area contributed by atoms with Crippen molar-refractivity contribution in [3.05, 3.63) is 118 Å².